The number of pyridine rings is 1. The summed E-state index contributed by atoms with van der Waals surface area (Å²) in [5, 5.41) is 2.13. The number of hydrogen-bond donors (Lipinski definition) is 1. The molecule has 2 rings (SSSR count). The summed E-state index contributed by atoms with van der Waals surface area (Å²) in [5.41, 5.74) is -1.78. The second-order valence-electron chi connectivity index (χ2n) is 3.93. The lowest BCUT2D eigenvalue weighted by Crippen LogP contribution is -2.25. The minimum absolute atomic E-state index is 0.189. The summed E-state index contributed by atoms with van der Waals surface area (Å²) >= 11 is 0. The van der Waals surface area contributed by atoms with Crippen molar-refractivity contribution in [2.75, 3.05) is 7.05 Å². The predicted molar refractivity (Wildman–Crippen MR) is 56.3 cm³/mol. The van der Waals surface area contributed by atoms with Crippen LogP contribution in [-0.4, -0.2) is 24.0 Å². The third-order valence-electron chi connectivity index (χ3n) is 2.46. The van der Waals surface area contributed by atoms with Crippen LogP contribution in [0.1, 0.15) is 28.9 Å². The van der Waals surface area contributed by atoms with Crippen molar-refractivity contribution in [2.45, 2.75) is 25.1 Å². The van der Waals surface area contributed by atoms with Crippen LogP contribution in [0.3, 0.4) is 0 Å². The Bertz CT molecular complexity index is 470. The van der Waals surface area contributed by atoms with Gasteiger partial charge in [-0.05, 0) is 18.9 Å². The van der Waals surface area contributed by atoms with Crippen LogP contribution < -0.4 is 10.1 Å². The topological polar surface area (TPSA) is 51.2 Å². The number of carbonyl (C=O) groups excluding carboxylic acids is 1. The number of nitrogens with zero attached hydrogens (tertiary/aromatic N) is 1. The van der Waals surface area contributed by atoms with Crippen LogP contribution in [-0.2, 0) is 6.18 Å². The molecule has 1 aliphatic carbocycles. The van der Waals surface area contributed by atoms with Crippen LogP contribution in [0.4, 0.5) is 13.2 Å². The predicted octanol–water partition coefficient (Wildman–Crippen LogP) is 2.00. The third-order valence-corrected chi connectivity index (χ3v) is 2.46. The van der Waals surface area contributed by atoms with Crippen molar-refractivity contribution in [3.63, 3.8) is 0 Å². The third kappa shape index (κ3) is 2.55. The molecule has 4 nitrogen and oxygen atoms in total. The second kappa shape index (κ2) is 4.47. The smallest absolute Gasteiger partial charge is 0.422 e. The quantitative estimate of drug-likeness (QED) is 0.904. The van der Waals surface area contributed by atoms with Crippen LogP contribution in [0, 0.1) is 0 Å². The van der Waals surface area contributed by atoms with Crippen LogP contribution in [0.25, 0.3) is 0 Å². The average Bonchev–Trinajstić information content (AvgIpc) is 3.10. The molecule has 1 aromatic heterocycles. The summed E-state index contributed by atoms with van der Waals surface area (Å²) in [5.74, 6) is -1.22. The van der Waals surface area contributed by atoms with Gasteiger partial charge >= 0.3 is 6.18 Å². The number of halogens is 3. The van der Waals surface area contributed by atoms with Crippen molar-refractivity contribution in [1.29, 1.82) is 0 Å². The fourth-order valence-electron chi connectivity index (χ4n) is 1.47. The minimum Gasteiger partial charge on any atom is -0.490 e. The first-order chi connectivity index (χ1) is 8.43. The largest absolute Gasteiger partial charge is 0.490 e. The van der Waals surface area contributed by atoms with E-state index in [1.807, 2.05) is 0 Å². The number of aromatic nitrogens is 1. The van der Waals surface area contributed by atoms with E-state index >= 15 is 0 Å². The van der Waals surface area contributed by atoms with Gasteiger partial charge in [0.05, 0.1) is 6.10 Å². The maximum Gasteiger partial charge on any atom is 0.422 e. The van der Waals surface area contributed by atoms with Crippen molar-refractivity contribution in [3.05, 3.63) is 23.5 Å². The van der Waals surface area contributed by atoms with Gasteiger partial charge in [0.15, 0.2) is 0 Å². The molecule has 0 spiro atoms. The number of alkyl halides is 3. The highest BCUT2D eigenvalue weighted by Gasteiger charge is 2.41. The average molecular weight is 260 g/mol. The highest BCUT2D eigenvalue weighted by Crippen LogP contribution is 2.40. The summed E-state index contributed by atoms with van der Waals surface area (Å²) in [6, 6.07) is 1.13. The van der Waals surface area contributed by atoms with Gasteiger partial charge in [0.2, 0.25) is 0 Å². The summed E-state index contributed by atoms with van der Waals surface area (Å²) in [6.45, 7) is 0. The zero-order chi connectivity index (χ0) is 13.3. The second-order valence-corrected chi connectivity index (χ2v) is 3.93. The van der Waals surface area contributed by atoms with Crippen molar-refractivity contribution in [2.24, 2.45) is 0 Å². The summed E-state index contributed by atoms with van der Waals surface area (Å²) in [4.78, 5) is 14.9. The lowest BCUT2D eigenvalue weighted by molar-refractivity contribution is -0.139. The Hall–Kier alpha value is -1.79. The van der Waals surface area contributed by atoms with E-state index in [1.165, 1.54) is 7.05 Å². The molecule has 1 heterocycles. The first-order valence-electron chi connectivity index (χ1n) is 5.38. The molecule has 0 unspecified atom stereocenters. The van der Waals surface area contributed by atoms with Crippen LogP contribution >= 0.6 is 0 Å². The summed E-state index contributed by atoms with van der Waals surface area (Å²) in [6.07, 6.45) is -2.27. The van der Waals surface area contributed by atoms with Crippen LogP contribution in [0.2, 0.25) is 0 Å². The summed E-state index contributed by atoms with van der Waals surface area (Å²) < 4.78 is 44.1. The lowest BCUT2D eigenvalue weighted by atomic mass is 10.1. The van der Waals surface area contributed by atoms with E-state index in [0.29, 0.717) is 0 Å². The number of nitrogens with one attached hydrogen (secondary N) is 1. The Morgan fingerprint density at radius 1 is 1.50 bits per heavy atom. The maximum absolute atomic E-state index is 13.0. The molecule has 0 saturated heterocycles. The first-order valence-corrected chi connectivity index (χ1v) is 5.38. The zero-order valence-electron chi connectivity index (χ0n) is 9.54. The van der Waals surface area contributed by atoms with Crippen molar-refractivity contribution < 1.29 is 22.7 Å². The normalized spacial score (nSPS) is 15.3. The van der Waals surface area contributed by atoms with E-state index < -0.39 is 23.3 Å². The molecule has 1 N–H and O–H groups in total. The molecule has 0 aliphatic heterocycles. The van der Waals surface area contributed by atoms with Gasteiger partial charge in [0.1, 0.15) is 17.0 Å². The van der Waals surface area contributed by atoms with E-state index in [-0.39, 0.29) is 11.9 Å². The molecule has 1 fully saturated rings. The van der Waals surface area contributed by atoms with Crippen LogP contribution in [0.15, 0.2) is 12.3 Å². The fourth-order valence-corrected chi connectivity index (χ4v) is 1.47. The Morgan fingerprint density at radius 3 is 2.67 bits per heavy atom. The monoisotopic (exact) mass is 260 g/mol. The number of carbonyl (C=O) groups is 1. The zero-order valence-corrected chi connectivity index (χ0v) is 9.54. The van der Waals surface area contributed by atoms with Crippen molar-refractivity contribution in [3.8, 4) is 5.75 Å². The molecule has 18 heavy (non-hydrogen) atoms. The molecular formula is C11H11F3N2O2. The molecule has 1 aliphatic rings. The Kier molecular flexibility index (Phi) is 3.14. The molecule has 0 radical (unpaired) electrons. The molecule has 1 saturated carbocycles. The molecule has 0 atom stereocenters. The Morgan fingerprint density at radius 2 is 2.17 bits per heavy atom. The number of ether oxygens (including phenoxy) is 1. The SMILES string of the molecule is CNC(=O)c1nccc(OC2CC2)c1C(F)(F)F. The molecule has 98 valence electrons. The van der Waals surface area contributed by atoms with Gasteiger partial charge in [-0.15, -0.1) is 0 Å². The molecule has 1 aromatic rings. The van der Waals surface area contributed by atoms with E-state index in [0.717, 1.165) is 25.1 Å². The van der Waals surface area contributed by atoms with E-state index in [2.05, 4.69) is 10.3 Å². The fraction of sp³-hybridized carbons (Fsp3) is 0.455. The van der Waals surface area contributed by atoms with Gasteiger partial charge in [-0.1, -0.05) is 0 Å². The highest BCUT2D eigenvalue weighted by molar-refractivity contribution is 5.94. The van der Waals surface area contributed by atoms with Gasteiger partial charge in [0, 0.05) is 13.2 Å². The van der Waals surface area contributed by atoms with Gasteiger partial charge in [-0.25, -0.2) is 0 Å². The van der Waals surface area contributed by atoms with Crippen molar-refractivity contribution >= 4 is 5.91 Å². The molecule has 0 bridgehead atoms. The van der Waals surface area contributed by atoms with E-state index in [1.54, 1.807) is 0 Å². The summed E-state index contributed by atoms with van der Waals surface area (Å²) in [7, 11) is 1.25. The van der Waals surface area contributed by atoms with Crippen LogP contribution in [0.5, 0.6) is 5.75 Å². The van der Waals surface area contributed by atoms with E-state index in [9.17, 15) is 18.0 Å². The lowest BCUT2D eigenvalue weighted by Gasteiger charge is -2.15. The van der Waals surface area contributed by atoms with Gasteiger partial charge in [0.25, 0.3) is 5.91 Å². The number of rotatable bonds is 3. The highest BCUT2D eigenvalue weighted by atomic mass is 19.4. The molecule has 0 aromatic carbocycles. The molecule has 7 heteroatoms. The number of hydrogen-bond acceptors (Lipinski definition) is 3. The number of amides is 1. The molecular weight excluding hydrogens is 249 g/mol. The Balaban J connectivity index is 2.48. The first kappa shape index (κ1) is 12.7. The standard InChI is InChI=1S/C11H11F3N2O2/c1-15-10(17)9-8(11(12,13)14)7(4-5-16-9)18-6-2-3-6/h4-6H,2-3H2,1H3,(H,15,17). The Labute approximate surface area is 101 Å². The van der Waals surface area contributed by atoms with Gasteiger partial charge in [-0.3, -0.25) is 9.78 Å². The van der Waals surface area contributed by atoms with Gasteiger partial charge < -0.3 is 10.1 Å². The van der Waals surface area contributed by atoms with Gasteiger partial charge in [-0.2, -0.15) is 13.2 Å². The molecule has 1 amide bonds. The maximum atomic E-state index is 13.0. The minimum atomic E-state index is -4.68. The van der Waals surface area contributed by atoms with Crippen molar-refractivity contribution in [1.82, 2.24) is 10.3 Å². The van der Waals surface area contributed by atoms with E-state index in [4.69, 9.17) is 4.74 Å².